The Morgan fingerprint density at radius 2 is 2.18 bits per heavy atom. The lowest BCUT2D eigenvalue weighted by atomic mass is 10.0. The third kappa shape index (κ3) is 3.56. The number of nitrogens with zero attached hydrogens (tertiary/aromatic N) is 2. The summed E-state index contributed by atoms with van der Waals surface area (Å²) in [5, 5.41) is 8.03. The average molecular weight is 235 g/mol. The van der Waals surface area contributed by atoms with Crippen molar-refractivity contribution in [1.82, 2.24) is 15.1 Å². The zero-order valence-electron chi connectivity index (χ0n) is 11.2. The number of aryl methyl sites for hydroxylation is 2. The van der Waals surface area contributed by atoms with Gasteiger partial charge in [0.1, 0.15) is 0 Å². The molecule has 2 rings (SSSR count). The Kier molecular flexibility index (Phi) is 4.60. The molecule has 1 aliphatic carbocycles. The van der Waals surface area contributed by atoms with Crippen molar-refractivity contribution in [1.29, 1.82) is 0 Å². The predicted molar refractivity (Wildman–Crippen MR) is 70.9 cm³/mol. The largest absolute Gasteiger partial charge is 0.313 e. The Morgan fingerprint density at radius 3 is 2.88 bits per heavy atom. The monoisotopic (exact) mass is 235 g/mol. The lowest BCUT2D eigenvalue weighted by Gasteiger charge is -2.09. The van der Waals surface area contributed by atoms with Crippen LogP contribution in [0.2, 0.25) is 0 Å². The van der Waals surface area contributed by atoms with Gasteiger partial charge in [0.15, 0.2) is 0 Å². The second-order valence-electron chi connectivity index (χ2n) is 5.24. The maximum absolute atomic E-state index is 4.46. The highest BCUT2D eigenvalue weighted by Gasteiger charge is 2.14. The van der Waals surface area contributed by atoms with Gasteiger partial charge in [-0.2, -0.15) is 5.10 Å². The van der Waals surface area contributed by atoms with Crippen molar-refractivity contribution >= 4 is 0 Å². The van der Waals surface area contributed by atoms with Crippen LogP contribution in [0.4, 0.5) is 0 Å². The van der Waals surface area contributed by atoms with Crippen LogP contribution in [-0.4, -0.2) is 16.3 Å². The smallest absolute Gasteiger partial charge is 0.0666 e. The van der Waals surface area contributed by atoms with Gasteiger partial charge in [-0.1, -0.05) is 32.6 Å². The fraction of sp³-hybridized carbons (Fsp3) is 0.786. The SMILES string of the molecule is CCc1nn(C)cc1CNCCC1CCCC1. The van der Waals surface area contributed by atoms with E-state index < -0.39 is 0 Å². The summed E-state index contributed by atoms with van der Waals surface area (Å²) in [4.78, 5) is 0. The van der Waals surface area contributed by atoms with E-state index in [1.165, 1.54) is 43.4 Å². The summed E-state index contributed by atoms with van der Waals surface area (Å²) < 4.78 is 1.92. The molecule has 0 unspecified atom stereocenters. The standard InChI is InChI=1S/C14H25N3/c1-3-14-13(11-17(2)16-14)10-15-9-8-12-6-4-5-7-12/h11-12,15H,3-10H2,1-2H3. The van der Waals surface area contributed by atoms with E-state index in [2.05, 4.69) is 23.5 Å². The molecule has 0 bridgehead atoms. The molecule has 17 heavy (non-hydrogen) atoms. The Balaban J connectivity index is 1.70. The van der Waals surface area contributed by atoms with Crippen molar-refractivity contribution in [2.45, 2.75) is 52.0 Å². The number of hydrogen-bond donors (Lipinski definition) is 1. The normalized spacial score (nSPS) is 16.8. The van der Waals surface area contributed by atoms with Crippen LogP contribution < -0.4 is 5.32 Å². The number of aromatic nitrogens is 2. The van der Waals surface area contributed by atoms with Gasteiger partial charge < -0.3 is 5.32 Å². The summed E-state index contributed by atoms with van der Waals surface area (Å²) in [6, 6.07) is 0. The molecule has 0 atom stereocenters. The van der Waals surface area contributed by atoms with Crippen LogP contribution in [0.5, 0.6) is 0 Å². The van der Waals surface area contributed by atoms with Gasteiger partial charge in [0.05, 0.1) is 5.69 Å². The van der Waals surface area contributed by atoms with Crippen molar-refractivity contribution in [3.8, 4) is 0 Å². The summed E-state index contributed by atoms with van der Waals surface area (Å²) >= 11 is 0. The second-order valence-corrected chi connectivity index (χ2v) is 5.24. The molecule has 1 aromatic rings. The summed E-state index contributed by atoms with van der Waals surface area (Å²) in [6.45, 7) is 4.30. The molecule has 0 saturated heterocycles. The molecule has 1 saturated carbocycles. The summed E-state index contributed by atoms with van der Waals surface area (Å²) in [6.07, 6.45) is 10.3. The Labute approximate surface area is 105 Å². The molecule has 96 valence electrons. The van der Waals surface area contributed by atoms with Gasteiger partial charge >= 0.3 is 0 Å². The molecule has 1 fully saturated rings. The Morgan fingerprint density at radius 1 is 1.41 bits per heavy atom. The third-order valence-corrected chi connectivity index (χ3v) is 3.85. The fourth-order valence-corrected chi connectivity index (χ4v) is 2.86. The number of hydrogen-bond acceptors (Lipinski definition) is 2. The van der Waals surface area contributed by atoms with Gasteiger partial charge in [-0.05, 0) is 25.3 Å². The Bertz CT molecular complexity index is 337. The van der Waals surface area contributed by atoms with Crippen LogP contribution in [0.25, 0.3) is 0 Å². The molecule has 1 N–H and O–H groups in total. The summed E-state index contributed by atoms with van der Waals surface area (Å²) in [5.74, 6) is 0.988. The lowest BCUT2D eigenvalue weighted by molar-refractivity contribution is 0.477. The van der Waals surface area contributed by atoms with Gasteiger partial charge in [0.2, 0.25) is 0 Å². The summed E-state index contributed by atoms with van der Waals surface area (Å²) in [5.41, 5.74) is 2.60. The zero-order valence-corrected chi connectivity index (χ0v) is 11.2. The molecular formula is C14H25N3. The van der Waals surface area contributed by atoms with E-state index in [-0.39, 0.29) is 0 Å². The molecule has 1 aliphatic rings. The third-order valence-electron chi connectivity index (χ3n) is 3.85. The van der Waals surface area contributed by atoms with Crippen molar-refractivity contribution in [2.75, 3.05) is 6.54 Å². The molecule has 1 aromatic heterocycles. The van der Waals surface area contributed by atoms with Crippen LogP contribution in [0.1, 0.15) is 50.3 Å². The molecule has 3 heteroatoms. The minimum atomic E-state index is 0.976. The highest BCUT2D eigenvalue weighted by Crippen LogP contribution is 2.26. The Hall–Kier alpha value is -0.830. The average Bonchev–Trinajstić information content (AvgIpc) is 2.93. The van der Waals surface area contributed by atoms with E-state index in [0.29, 0.717) is 0 Å². The minimum absolute atomic E-state index is 0.976. The molecule has 0 amide bonds. The maximum Gasteiger partial charge on any atom is 0.0666 e. The van der Waals surface area contributed by atoms with Crippen molar-refractivity contribution in [3.05, 3.63) is 17.5 Å². The van der Waals surface area contributed by atoms with E-state index in [4.69, 9.17) is 0 Å². The van der Waals surface area contributed by atoms with Crippen molar-refractivity contribution in [3.63, 3.8) is 0 Å². The molecule has 0 radical (unpaired) electrons. The van der Waals surface area contributed by atoms with Crippen LogP contribution in [0, 0.1) is 5.92 Å². The maximum atomic E-state index is 4.46. The number of rotatable bonds is 6. The van der Waals surface area contributed by atoms with Gasteiger partial charge in [0.25, 0.3) is 0 Å². The molecule has 3 nitrogen and oxygen atoms in total. The zero-order chi connectivity index (χ0) is 12.1. The molecule has 1 heterocycles. The lowest BCUT2D eigenvalue weighted by Crippen LogP contribution is -2.17. The van der Waals surface area contributed by atoms with Gasteiger partial charge in [-0.3, -0.25) is 4.68 Å². The van der Waals surface area contributed by atoms with Crippen LogP contribution in [0.15, 0.2) is 6.20 Å². The van der Waals surface area contributed by atoms with E-state index in [1.807, 2.05) is 11.7 Å². The molecule has 0 aliphatic heterocycles. The molecular weight excluding hydrogens is 210 g/mol. The highest BCUT2D eigenvalue weighted by molar-refractivity contribution is 5.16. The fourth-order valence-electron chi connectivity index (χ4n) is 2.86. The first-order valence-electron chi connectivity index (χ1n) is 7.01. The number of nitrogens with one attached hydrogen (secondary N) is 1. The van der Waals surface area contributed by atoms with Crippen LogP contribution >= 0.6 is 0 Å². The van der Waals surface area contributed by atoms with Gasteiger partial charge in [-0.25, -0.2) is 0 Å². The van der Waals surface area contributed by atoms with Crippen molar-refractivity contribution < 1.29 is 0 Å². The quantitative estimate of drug-likeness (QED) is 0.768. The van der Waals surface area contributed by atoms with E-state index >= 15 is 0 Å². The van der Waals surface area contributed by atoms with Gasteiger partial charge in [0, 0.05) is 25.4 Å². The first-order valence-corrected chi connectivity index (χ1v) is 7.01. The summed E-state index contributed by atoms with van der Waals surface area (Å²) in [7, 11) is 2.00. The van der Waals surface area contributed by atoms with E-state index in [1.54, 1.807) is 0 Å². The van der Waals surface area contributed by atoms with Crippen molar-refractivity contribution in [2.24, 2.45) is 13.0 Å². The van der Waals surface area contributed by atoms with Crippen LogP contribution in [0.3, 0.4) is 0 Å². The van der Waals surface area contributed by atoms with E-state index in [9.17, 15) is 0 Å². The van der Waals surface area contributed by atoms with E-state index in [0.717, 1.165) is 25.4 Å². The first kappa shape index (κ1) is 12.6. The minimum Gasteiger partial charge on any atom is -0.313 e. The molecule has 0 aromatic carbocycles. The predicted octanol–water partition coefficient (Wildman–Crippen LogP) is 2.65. The second kappa shape index (κ2) is 6.20. The topological polar surface area (TPSA) is 29.9 Å². The van der Waals surface area contributed by atoms with Gasteiger partial charge in [-0.15, -0.1) is 0 Å². The molecule has 0 spiro atoms. The highest BCUT2D eigenvalue weighted by atomic mass is 15.3. The van der Waals surface area contributed by atoms with Crippen LogP contribution in [-0.2, 0) is 20.0 Å². The first-order chi connectivity index (χ1) is 8.29.